The van der Waals surface area contributed by atoms with Gasteiger partial charge in [-0.2, -0.15) is 0 Å². The zero-order valence-electron chi connectivity index (χ0n) is 14.6. The minimum Gasteiger partial charge on any atom is -0.330 e. The summed E-state index contributed by atoms with van der Waals surface area (Å²) < 4.78 is 0. The van der Waals surface area contributed by atoms with Crippen molar-refractivity contribution in [2.24, 2.45) is 0 Å². The molecule has 0 aliphatic carbocycles. The van der Waals surface area contributed by atoms with Crippen LogP contribution in [0.5, 0.6) is 0 Å². The Hall–Kier alpha value is -1.95. The molecule has 4 rings (SSSR count). The third kappa shape index (κ3) is 3.86. The number of carbonyl (C=O) groups is 2. The number of carbonyl (C=O) groups excluding carboxylic acids is 2. The number of thiophene rings is 2. The van der Waals surface area contributed by atoms with Crippen molar-refractivity contribution in [3.8, 4) is 0 Å². The van der Waals surface area contributed by atoms with Crippen LogP contribution in [0.4, 0.5) is 0 Å². The number of benzene rings is 1. The van der Waals surface area contributed by atoms with Crippen LogP contribution in [0.1, 0.15) is 44.6 Å². The van der Waals surface area contributed by atoms with Gasteiger partial charge in [-0.05, 0) is 59.1 Å². The molecular formula is C21H18ClNO2S2. The second kappa shape index (κ2) is 7.97. The van der Waals surface area contributed by atoms with E-state index in [9.17, 15) is 9.59 Å². The molecule has 0 fully saturated rings. The molecular weight excluding hydrogens is 398 g/mol. The van der Waals surface area contributed by atoms with Gasteiger partial charge in [0.1, 0.15) is 0 Å². The molecule has 1 aliphatic heterocycles. The number of fused-ring (bicyclic) bond motifs is 1. The SMILES string of the molecule is O=C(CCC(=O)N1CCc2sccc2C1c1cccs1)c1ccc(Cl)cc1. The Labute approximate surface area is 171 Å². The Morgan fingerprint density at radius 3 is 2.59 bits per heavy atom. The number of amides is 1. The molecule has 3 heterocycles. The van der Waals surface area contributed by atoms with E-state index in [0.29, 0.717) is 17.1 Å². The molecule has 1 aromatic carbocycles. The van der Waals surface area contributed by atoms with Gasteiger partial charge in [0.2, 0.25) is 5.91 Å². The lowest BCUT2D eigenvalue weighted by molar-refractivity contribution is -0.133. The van der Waals surface area contributed by atoms with Crippen LogP contribution in [0.25, 0.3) is 0 Å². The fourth-order valence-electron chi connectivity index (χ4n) is 3.48. The summed E-state index contributed by atoms with van der Waals surface area (Å²) in [6.07, 6.45) is 1.32. The van der Waals surface area contributed by atoms with Gasteiger partial charge >= 0.3 is 0 Å². The molecule has 1 atom stereocenters. The van der Waals surface area contributed by atoms with Crippen molar-refractivity contribution >= 4 is 46.0 Å². The fourth-order valence-corrected chi connectivity index (χ4v) is 5.37. The highest BCUT2D eigenvalue weighted by atomic mass is 35.5. The standard InChI is InChI=1S/C21H18ClNO2S2/c22-15-5-3-14(4-6-15)17(24)7-8-20(25)23-11-9-18-16(10-13-27-18)21(23)19-2-1-12-26-19/h1-6,10,12-13,21H,7-9,11H2. The molecule has 0 saturated carbocycles. The first kappa shape index (κ1) is 18.4. The summed E-state index contributed by atoms with van der Waals surface area (Å²) in [6.45, 7) is 0.698. The number of halogens is 1. The quantitative estimate of drug-likeness (QED) is 0.508. The molecule has 1 unspecified atom stereocenters. The normalized spacial score (nSPS) is 16.2. The predicted molar refractivity (Wildman–Crippen MR) is 111 cm³/mol. The number of rotatable bonds is 5. The van der Waals surface area contributed by atoms with Gasteiger partial charge in [-0.3, -0.25) is 9.59 Å². The Morgan fingerprint density at radius 2 is 1.85 bits per heavy atom. The molecule has 6 heteroatoms. The first-order valence-corrected chi connectivity index (χ1v) is 10.9. The summed E-state index contributed by atoms with van der Waals surface area (Å²) in [7, 11) is 0. The van der Waals surface area contributed by atoms with E-state index >= 15 is 0 Å². The van der Waals surface area contributed by atoms with E-state index in [-0.39, 0.29) is 30.6 Å². The molecule has 2 aromatic heterocycles. The van der Waals surface area contributed by atoms with Crippen LogP contribution < -0.4 is 0 Å². The highest BCUT2D eigenvalue weighted by Crippen LogP contribution is 2.39. The van der Waals surface area contributed by atoms with E-state index in [1.165, 1.54) is 15.3 Å². The van der Waals surface area contributed by atoms with Crippen LogP contribution in [0.3, 0.4) is 0 Å². The lowest BCUT2D eigenvalue weighted by Gasteiger charge is -2.35. The van der Waals surface area contributed by atoms with Gasteiger partial charge in [-0.25, -0.2) is 0 Å². The Balaban J connectivity index is 1.49. The van der Waals surface area contributed by atoms with E-state index in [4.69, 9.17) is 11.6 Å². The van der Waals surface area contributed by atoms with Crippen LogP contribution in [0, 0.1) is 0 Å². The third-order valence-corrected chi connectivity index (χ3v) is 7.00. The average molecular weight is 416 g/mol. The predicted octanol–water partition coefficient (Wildman–Crippen LogP) is 5.60. The molecule has 0 saturated heterocycles. The molecule has 138 valence electrons. The van der Waals surface area contributed by atoms with Gasteiger partial charge in [0.25, 0.3) is 0 Å². The van der Waals surface area contributed by atoms with Crippen LogP contribution in [0.2, 0.25) is 5.02 Å². The Morgan fingerprint density at radius 1 is 1.04 bits per heavy atom. The largest absolute Gasteiger partial charge is 0.330 e. The minimum atomic E-state index is -0.0295. The van der Waals surface area contributed by atoms with Crippen molar-refractivity contribution in [3.63, 3.8) is 0 Å². The third-order valence-electron chi connectivity index (χ3n) is 4.83. The highest BCUT2D eigenvalue weighted by molar-refractivity contribution is 7.10. The van der Waals surface area contributed by atoms with Gasteiger partial charge in [-0.1, -0.05) is 17.7 Å². The van der Waals surface area contributed by atoms with Crippen LogP contribution in [-0.4, -0.2) is 23.1 Å². The summed E-state index contributed by atoms with van der Waals surface area (Å²) in [5.74, 6) is 0.00786. The van der Waals surface area contributed by atoms with Gasteiger partial charge in [0.15, 0.2) is 5.78 Å². The maximum atomic E-state index is 13.0. The number of nitrogens with zero attached hydrogens (tertiary/aromatic N) is 1. The monoisotopic (exact) mass is 415 g/mol. The number of hydrogen-bond donors (Lipinski definition) is 0. The van der Waals surface area contributed by atoms with Crippen LogP contribution in [-0.2, 0) is 11.2 Å². The average Bonchev–Trinajstić information content (AvgIpc) is 3.37. The molecule has 0 spiro atoms. The Bertz CT molecular complexity index is 947. The lowest BCUT2D eigenvalue weighted by atomic mass is 9.97. The molecule has 1 aliphatic rings. The van der Waals surface area contributed by atoms with E-state index in [1.54, 1.807) is 46.9 Å². The summed E-state index contributed by atoms with van der Waals surface area (Å²) in [6, 6.07) is 13.0. The maximum Gasteiger partial charge on any atom is 0.223 e. The number of hydrogen-bond acceptors (Lipinski definition) is 4. The maximum absolute atomic E-state index is 13.0. The molecule has 0 bridgehead atoms. The summed E-state index contributed by atoms with van der Waals surface area (Å²) in [5, 5.41) is 4.74. The first-order chi connectivity index (χ1) is 13.1. The van der Waals surface area contributed by atoms with Gasteiger partial charge in [0, 0.05) is 39.7 Å². The molecule has 1 amide bonds. The minimum absolute atomic E-state index is 0.0269. The van der Waals surface area contributed by atoms with E-state index in [2.05, 4.69) is 17.5 Å². The van der Waals surface area contributed by atoms with E-state index in [0.717, 1.165) is 6.42 Å². The topological polar surface area (TPSA) is 37.4 Å². The highest BCUT2D eigenvalue weighted by Gasteiger charge is 2.33. The van der Waals surface area contributed by atoms with Crippen molar-refractivity contribution < 1.29 is 9.59 Å². The van der Waals surface area contributed by atoms with Crippen molar-refractivity contribution in [2.45, 2.75) is 25.3 Å². The molecule has 27 heavy (non-hydrogen) atoms. The lowest BCUT2D eigenvalue weighted by Crippen LogP contribution is -2.39. The van der Waals surface area contributed by atoms with Crippen LogP contribution >= 0.6 is 34.3 Å². The van der Waals surface area contributed by atoms with Crippen molar-refractivity contribution in [1.82, 2.24) is 4.90 Å². The smallest absolute Gasteiger partial charge is 0.223 e. The zero-order chi connectivity index (χ0) is 18.8. The Kier molecular flexibility index (Phi) is 5.43. The molecule has 3 nitrogen and oxygen atoms in total. The summed E-state index contributed by atoms with van der Waals surface area (Å²) in [5.41, 5.74) is 1.83. The van der Waals surface area contributed by atoms with E-state index in [1.807, 2.05) is 16.3 Å². The van der Waals surface area contributed by atoms with Gasteiger partial charge < -0.3 is 4.90 Å². The van der Waals surface area contributed by atoms with Crippen molar-refractivity contribution in [3.05, 3.63) is 79.1 Å². The fraction of sp³-hybridized carbons (Fsp3) is 0.238. The first-order valence-electron chi connectivity index (χ1n) is 8.81. The van der Waals surface area contributed by atoms with Gasteiger partial charge in [0.05, 0.1) is 6.04 Å². The molecule has 3 aromatic rings. The second-order valence-electron chi connectivity index (χ2n) is 6.48. The van der Waals surface area contributed by atoms with Crippen LogP contribution in [0.15, 0.2) is 53.2 Å². The van der Waals surface area contributed by atoms with Crippen molar-refractivity contribution in [2.75, 3.05) is 6.54 Å². The summed E-state index contributed by atoms with van der Waals surface area (Å²) >= 11 is 9.30. The van der Waals surface area contributed by atoms with E-state index < -0.39 is 0 Å². The number of ketones is 1. The second-order valence-corrected chi connectivity index (χ2v) is 8.90. The number of Topliss-reactive ketones (excluding diaryl/α,β-unsaturated/α-hetero) is 1. The zero-order valence-corrected chi connectivity index (χ0v) is 16.9. The van der Waals surface area contributed by atoms with Crippen molar-refractivity contribution in [1.29, 1.82) is 0 Å². The summed E-state index contributed by atoms with van der Waals surface area (Å²) in [4.78, 5) is 29.9. The molecule has 0 N–H and O–H groups in total. The molecule has 0 radical (unpaired) electrons. The van der Waals surface area contributed by atoms with Gasteiger partial charge in [-0.15, -0.1) is 22.7 Å².